The fraction of sp³-hybridized carbons (Fsp3) is 0.478. The van der Waals surface area contributed by atoms with Gasteiger partial charge in [-0.05, 0) is 82.0 Å². The van der Waals surface area contributed by atoms with E-state index in [4.69, 9.17) is 16.3 Å². The van der Waals surface area contributed by atoms with E-state index >= 15 is 0 Å². The van der Waals surface area contributed by atoms with E-state index in [0.29, 0.717) is 17.1 Å². The third kappa shape index (κ3) is 5.25. The molecule has 0 spiro atoms. The average Bonchev–Trinajstić information content (AvgIpc) is 2.64. The lowest BCUT2D eigenvalue weighted by Gasteiger charge is -2.40. The summed E-state index contributed by atoms with van der Waals surface area (Å²) in [4.78, 5) is 2.54. The Morgan fingerprint density at radius 3 is 2.07 bits per heavy atom. The zero-order valence-corrected chi connectivity index (χ0v) is 17.2. The second-order valence-corrected chi connectivity index (χ2v) is 8.41. The summed E-state index contributed by atoms with van der Waals surface area (Å²) in [5, 5.41) is 11.7. The standard InChI is InChI=1S/C23H30ClNO2/c1-17-5-4-6-18(2)25(17)16-15-23(3,26)19-7-11-21(12-8-19)27-22-13-9-20(24)10-14-22/h7-14,17-18,26H,4-6,15-16H2,1-3H3. The van der Waals surface area contributed by atoms with E-state index < -0.39 is 5.60 Å². The Labute approximate surface area is 167 Å². The van der Waals surface area contributed by atoms with E-state index in [-0.39, 0.29) is 0 Å². The molecule has 0 radical (unpaired) electrons. The molecule has 3 unspecified atom stereocenters. The van der Waals surface area contributed by atoms with E-state index in [2.05, 4.69) is 18.7 Å². The van der Waals surface area contributed by atoms with Crippen LogP contribution in [-0.4, -0.2) is 28.6 Å². The molecule has 2 aromatic carbocycles. The van der Waals surface area contributed by atoms with Gasteiger partial charge in [-0.15, -0.1) is 0 Å². The number of benzene rings is 2. The summed E-state index contributed by atoms with van der Waals surface area (Å²) >= 11 is 5.90. The van der Waals surface area contributed by atoms with Crippen LogP contribution in [-0.2, 0) is 5.60 Å². The lowest BCUT2D eigenvalue weighted by Crippen LogP contribution is -2.45. The third-order valence-corrected chi connectivity index (χ3v) is 6.01. The highest BCUT2D eigenvalue weighted by Gasteiger charge is 2.29. The Morgan fingerprint density at radius 2 is 1.52 bits per heavy atom. The summed E-state index contributed by atoms with van der Waals surface area (Å²) in [5.74, 6) is 1.49. The molecule has 0 saturated carbocycles. The van der Waals surface area contributed by atoms with Gasteiger partial charge in [0.15, 0.2) is 0 Å². The summed E-state index contributed by atoms with van der Waals surface area (Å²) in [6.45, 7) is 7.42. The minimum atomic E-state index is -0.851. The molecule has 1 N–H and O–H groups in total. The minimum absolute atomic E-state index is 0.597. The smallest absolute Gasteiger partial charge is 0.127 e. The van der Waals surface area contributed by atoms with Crippen molar-refractivity contribution in [3.63, 3.8) is 0 Å². The molecule has 0 amide bonds. The Kier molecular flexibility index (Phi) is 6.46. The molecule has 4 heteroatoms. The second kappa shape index (κ2) is 8.64. The highest BCUT2D eigenvalue weighted by Crippen LogP contribution is 2.30. The van der Waals surface area contributed by atoms with Crippen LogP contribution in [0.15, 0.2) is 48.5 Å². The number of halogens is 1. The van der Waals surface area contributed by atoms with Gasteiger partial charge >= 0.3 is 0 Å². The molecule has 1 heterocycles. The summed E-state index contributed by atoms with van der Waals surface area (Å²) in [6, 6.07) is 16.2. The SMILES string of the molecule is CC1CCCC(C)N1CCC(C)(O)c1ccc(Oc2ccc(Cl)cc2)cc1. The van der Waals surface area contributed by atoms with E-state index in [9.17, 15) is 5.11 Å². The van der Waals surface area contributed by atoms with E-state index in [1.165, 1.54) is 19.3 Å². The molecule has 0 aromatic heterocycles. The zero-order chi connectivity index (χ0) is 19.4. The molecule has 3 atom stereocenters. The van der Waals surface area contributed by atoms with Crippen molar-refractivity contribution in [3.8, 4) is 11.5 Å². The van der Waals surface area contributed by atoms with Crippen LogP contribution in [0.2, 0.25) is 5.02 Å². The van der Waals surface area contributed by atoms with Crippen LogP contribution in [0, 0.1) is 0 Å². The number of piperidine rings is 1. The Bertz CT molecular complexity index is 717. The topological polar surface area (TPSA) is 32.7 Å². The lowest BCUT2D eigenvalue weighted by molar-refractivity contribution is 0.0160. The Balaban J connectivity index is 1.61. The first kappa shape index (κ1) is 20.2. The molecule has 1 saturated heterocycles. The van der Waals surface area contributed by atoms with Gasteiger partial charge in [0, 0.05) is 23.7 Å². The average molecular weight is 388 g/mol. The molecule has 0 bridgehead atoms. The van der Waals surface area contributed by atoms with Gasteiger partial charge in [-0.3, -0.25) is 4.90 Å². The maximum absolute atomic E-state index is 11.0. The third-order valence-electron chi connectivity index (χ3n) is 5.76. The number of likely N-dealkylation sites (tertiary alicyclic amines) is 1. The first-order valence-corrected chi connectivity index (χ1v) is 10.2. The highest BCUT2D eigenvalue weighted by atomic mass is 35.5. The number of ether oxygens (including phenoxy) is 1. The Hall–Kier alpha value is -1.55. The first-order valence-electron chi connectivity index (χ1n) is 9.87. The first-order chi connectivity index (χ1) is 12.8. The molecule has 3 rings (SSSR count). The van der Waals surface area contributed by atoms with Crippen LogP contribution in [0.3, 0.4) is 0 Å². The van der Waals surface area contributed by atoms with Crippen LogP contribution in [0.1, 0.15) is 52.0 Å². The van der Waals surface area contributed by atoms with Crippen molar-refractivity contribution in [1.29, 1.82) is 0 Å². The van der Waals surface area contributed by atoms with Crippen LogP contribution in [0.25, 0.3) is 0 Å². The summed E-state index contributed by atoms with van der Waals surface area (Å²) in [7, 11) is 0. The molecule has 1 fully saturated rings. The quantitative estimate of drug-likeness (QED) is 0.660. The highest BCUT2D eigenvalue weighted by molar-refractivity contribution is 6.30. The van der Waals surface area contributed by atoms with Crippen LogP contribution >= 0.6 is 11.6 Å². The van der Waals surface area contributed by atoms with Crippen molar-refractivity contribution >= 4 is 11.6 Å². The largest absolute Gasteiger partial charge is 0.457 e. The Morgan fingerprint density at radius 1 is 1.00 bits per heavy atom. The maximum atomic E-state index is 11.0. The van der Waals surface area contributed by atoms with Gasteiger partial charge in [0.05, 0.1) is 5.60 Å². The maximum Gasteiger partial charge on any atom is 0.127 e. The van der Waals surface area contributed by atoms with Crippen molar-refractivity contribution in [3.05, 3.63) is 59.1 Å². The molecule has 1 aliphatic heterocycles. The molecular weight excluding hydrogens is 358 g/mol. The van der Waals surface area contributed by atoms with Crippen molar-refractivity contribution in [2.24, 2.45) is 0 Å². The second-order valence-electron chi connectivity index (χ2n) is 7.97. The van der Waals surface area contributed by atoms with Crippen LogP contribution in [0.5, 0.6) is 11.5 Å². The lowest BCUT2D eigenvalue weighted by atomic mass is 9.90. The molecule has 3 nitrogen and oxygen atoms in total. The van der Waals surface area contributed by atoms with Crippen molar-refractivity contribution < 1.29 is 9.84 Å². The minimum Gasteiger partial charge on any atom is -0.457 e. The molecular formula is C23H30ClNO2. The summed E-state index contributed by atoms with van der Waals surface area (Å²) in [6.07, 6.45) is 4.54. The van der Waals surface area contributed by atoms with Gasteiger partial charge in [0.1, 0.15) is 11.5 Å². The van der Waals surface area contributed by atoms with Crippen molar-refractivity contribution in [1.82, 2.24) is 4.90 Å². The van der Waals surface area contributed by atoms with Gasteiger partial charge < -0.3 is 9.84 Å². The van der Waals surface area contributed by atoms with Gasteiger partial charge in [-0.2, -0.15) is 0 Å². The van der Waals surface area contributed by atoms with Crippen molar-refractivity contribution in [2.45, 2.75) is 64.1 Å². The fourth-order valence-electron chi connectivity index (χ4n) is 3.93. The van der Waals surface area contributed by atoms with E-state index in [1.807, 2.05) is 43.3 Å². The van der Waals surface area contributed by atoms with Crippen molar-refractivity contribution in [2.75, 3.05) is 6.54 Å². The van der Waals surface area contributed by atoms with Crippen LogP contribution < -0.4 is 4.74 Å². The zero-order valence-electron chi connectivity index (χ0n) is 16.5. The molecule has 27 heavy (non-hydrogen) atoms. The monoisotopic (exact) mass is 387 g/mol. The number of hydrogen-bond donors (Lipinski definition) is 1. The predicted octanol–water partition coefficient (Wildman–Crippen LogP) is 5.99. The summed E-state index contributed by atoms with van der Waals surface area (Å²) in [5.41, 5.74) is 0.0682. The van der Waals surface area contributed by atoms with Crippen LogP contribution in [0.4, 0.5) is 0 Å². The van der Waals surface area contributed by atoms with E-state index in [1.54, 1.807) is 12.1 Å². The molecule has 2 aromatic rings. The molecule has 146 valence electrons. The summed E-state index contributed by atoms with van der Waals surface area (Å²) < 4.78 is 5.84. The normalized spacial score (nSPS) is 23.0. The number of hydrogen-bond acceptors (Lipinski definition) is 3. The van der Waals surface area contributed by atoms with E-state index in [0.717, 1.165) is 30.0 Å². The number of nitrogens with zero attached hydrogens (tertiary/aromatic N) is 1. The van der Waals surface area contributed by atoms with Gasteiger partial charge in [-0.1, -0.05) is 30.2 Å². The number of aliphatic hydroxyl groups is 1. The van der Waals surface area contributed by atoms with Gasteiger partial charge in [0.25, 0.3) is 0 Å². The molecule has 1 aliphatic rings. The van der Waals surface area contributed by atoms with Gasteiger partial charge in [0.2, 0.25) is 0 Å². The van der Waals surface area contributed by atoms with Gasteiger partial charge in [-0.25, -0.2) is 0 Å². The predicted molar refractivity (Wildman–Crippen MR) is 112 cm³/mol. The number of rotatable bonds is 6. The fourth-order valence-corrected chi connectivity index (χ4v) is 4.05. The molecule has 0 aliphatic carbocycles.